The van der Waals surface area contributed by atoms with E-state index in [1.807, 2.05) is 0 Å². The van der Waals surface area contributed by atoms with Gasteiger partial charge in [-0.15, -0.1) is 0 Å². The van der Waals surface area contributed by atoms with Crippen molar-refractivity contribution in [2.24, 2.45) is 0 Å². The van der Waals surface area contributed by atoms with Crippen LogP contribution in [-0.2, 0) is 14.8 Å². The van der Waals surface area contributed by atoms with Gasteiger partial charge in [0.1, 0.15) is 18.0 Å². The van der Waals surface area contributed by atoms with E-state index in [0.717, 1.165) is 32.8 Å². The van der Waals surface area contributed by atoms with E-state index in [-0.39, 0.29) is 9.92 Å². The van der Waals surface area contributed by atoms with Gasteiger partial charge in [0.2, 0.25) is 10.0 Å². The van der Waals surface area contributed by atoms with Crippen LogP contribution in [0.3, 0.4) is 0 Å². The van der Waals surface area contributed by atoms with Crippen LogP contribution in [0.25, 0.3) is 0 Å². The van der Waals surface area contributed by atoms with Gasteiger partial charge >= 0.3 is 0 Å². The first-order chi connectivity index (χ1) is 9.49. The van der Waals surface area contributed by atoms with Crippen LogP contribution < -0.4 is 9.62 Å². The quantitative estimate of drug-likeness (QED) is 0.804. The Hall–Kier alpha value is -0.370. The fourth-order valence-electron chi connectivity index (χ4n) is 2.03. The molecular weight excluding hydrogens is 323 g/mol. The van der Waals surface area contributed by atoms with Crippen LogP contribution in [0.15, 0.2) is 23.1 Å². The number of morpholine rings is 1. The maximum absolute atomic E-state index is 12.2. The molecule has 0 spiro atoms. The largest absolute Gasteiger partial charge is 0.370 e. The summed E-state index contributed by atoms with van der Waals surface area (Å²) >= 11 is 11.7. The van der Waals surface area contributed by atoms with Crippen molar-refractivity contribution in [3.63, 3.8) is 0 Å². The molecule has 5 nitrogen and oxygen atoms in total. The lowest BCUT2D eigenvalue weighted by atomic mass is 10.4. The van der Waals surface area contributed by atoms with Crippen LogP contribution in [0.4, 0.5) is 0 Å². The molecule has 0 aliphatic carbocycles. The summed E-state index contributed by atoms with van der Waals surface area (Å²) in [5.41, 5.74) is 0. The third kappa shape index (κ3) is 4.31. The molecule has 0 aromatic heterocycles. The number of ether oxygens (including phenoxy) is 1. The summed E-state index contributed by atoms with van der Waals surface area (Å²) < 4.78 is 32.1. The van der Waals surface area contributed by atoms with Gasteiger partial charge in [-0.05, 0) is 18.2 Å². The molecule has 1 heterocycles. The highest BCUT2D eigenvalue weighted by Crippen LogP contribution is 2.24. The van der Waals surface area contributed by atoms with Gasteiger partial charge in [-0.2, -0.15) is 0 Å². The van der Waals surface area contributed by atoms with Crippen LogP contribution in [0, 0.1) is 0 Å². The van der Waals surface area contributed by atoms with Crippen molar-refractivity contribution in [3.05, 3.63) is 28.2 Å². The molecule has 1 aromatic rings. The summed E-state index contributed by atoms with van der Waals surface area (Å²) in [7, 11) is -3.63. The lowest BCUT2D eigenvalue weighted by Crippen LogP contribution is -3.14. The van der Waals surface area contributed by atoms with Gasteiger partial charge in [0.25, 0.3) is 0 Å². The highest BCUT2D eigenvalue weighted by molar-refractivity contribution is 7.89. The third-order valence-electron chi connectivity index (χ3n) is 3.15. The number of hydrogen-bond donors (Lipinski definition) is 2. The Balaban J connectivity index is 1.95. The molecule has 20 heavy (non-hydrogen) atoms. The topological polar surface area (TPSA) is 59.8 Å². The zero-order chi connectivity index (χ0) is 14.6. The van der Waals surface area contributed by atoms with Gasteiger partial charge in [-0.3, -0.25) is 0 Å². The highest BCUT2D eigenvalue weighted by Gasteiger charge is 2.20. The van der Waals surface area contributed by atoms with Gasteiger partial charge in [-0.1, -0.05) is 23.2 Å². The van der Waals surface area contributed by atoms with Crippen molar-refractivity contribution < 1.29 is 18.1 Å². The maximum Gasteiger partial charge on any atom is 0.242 e. The lowest BCUT2D eigenvalue weighted by Gasteiger charge is -2.23. The Morgan fingerprint density at radius 2 is 1.95 bits per heavy atom. The van der Waals surface area contributed by atoms with Gasteiger partial charge in [-0.25, -0.2) is 13.1 Å². The molecule has 0 atom stereocenters. The first-order valence-electron chi connectivity index (χ1n) is 6.35. The summed E-state index contributed by atoms with van der Waals surface area (Å²) in [6.45, 7) is 4.34. The Bertz CT molecular complexity index is 560. The fourth-order valence-corrected chi connectivity index (χ4v) is 3.83. The molecule has 0 unspecified atom stereocenters. The first kappa shape index (κ1) is 16.0. The van der Waals surface area contributed by atoms with Crippen LogP contribution in [0.5, 0.6) is 0 Å². The number of hydrogen-bond acceptors (Lipinski definition) is 3. The van der Waals surface area contributed by atoms with Crippen molar-refractivity contribution in [2.45, 2.75) is 4.90 Å². The monoisotopic (exact) mass is 339 g/mol. The SMILES string of the molecule is O=S(=O)(NCC[NH+]1CCOCC1)c1cc(Cl)ccc1Cl. The molecule has 0 radical (unpaired) electrons. The fraction of sp³-hybridized carbons (Fsp3) is 0.500. The van der Waals surface area contributed by atoms with Gasteiger partial charge in [0.15, 0.2) is 0 Å². The number of nitrogens with one attached hydrogen (secondary N) is 2. The molecule has 2 rings (SSSR count). The molecule has 1 aromatic carbocycles. The average molecular weight is 340 g/mol. The molecule has 0 bridgehead atoms. The summed E-state index contributed by atoms with van der Waals surface area (Å²) in [6, 6.07) is 4.39. The molecule has 2 N–H and O–H groups in total. The van der Waals surface area contributed by atoms with Gasteiger partial charge in [0, 0.05) is 5.02 Å². The van der Waals surface area contributed by atoms with Crippen LogP contribution in [0.2, 0.25) is 10.0 Å². The second-order valence-corrected chi connectivity index (χ2v) is 7.16. The molecule has 112 valence electrons. The Morgan fingerprint density at radius 1 is 1.25 bits per heavy atom. The van der Waals surface area contributed by atoms with E-state index < -0.39 is 10.0 Å². The minimum Gasteiger partial charge on any atom is -0.370 e. The number of sulfonamides is 1. The number of benzene rings is 1. The molecule has 8 heteroatoms. The van der Waals surface area contributed by atoms with Crippen molar-refractivity contribution >= 4 is 33.2 Å². The number of rotatable bonds is 5. The summed E-state index contributed by atoms with van der Waals surface area (Å²) in [5, 5.41) is 0.509. The van der Waals surface area contributed by atoms with Crippen molar-refractivity contribution in [3.8, 4) is 0 Å². The van der Waals surface area contributed by atoms with E-state index >= 15 is 0 Å². The molecule has 0 saturated carbocycles. The van der Waals surface area contributed by atoms with Crippen LogP contribution >= 0.6 is 23.2 Å². The van der Waals surface area contributed by atoms with E-state index in [9.17, 15) is 8.42 Å². The van der Waals surface area contributed by atoms with Crippen molar-refractivity contribution in [1.29, 1.82) is 0 Å². The second-order valence-electron chi connectivity index (χ2n) is 4.58. The van der Waals surface area contributed by atoms with E-state index in [1.165, 1.54) is 17.0 Å². The van der Waals surface area contributed by atoms with E-state index in [1.54, 1.807) is 6.07 Å². The minimum absolute atomic E-state index is 0.0173. The van der Waals surface area contributed by atoms with Crippen LogP contribution in [0.1, 0.15) is 0 Å². The zero-order valence-electron chi connectivity index (χ0n) is 10.9. The van der Waals surface area contributed by atoms with Crippen LogP contribution in [-0.4, -0.2) is 47.8 Å². The standard InChI is InChI=1S/C12H16Cl2N2O3S/c13-10-1-2-11(14)12(9-10)20(17,18)15-3-4-16-5-7-19-8-6-16/h1-2,9,15H,3-8H2/p+1. The highest BCUT2D eigenvalue weighted by atomic mass is 35.5. The Morgan fingerprint density at radius 3 is 2.65 bits per heavy atom. The summed E-state index contributed by atoms with van der Waals surface area (Å²) in [6.07, 6.45) is 0. The van der Waals surface area contributed by atoms with E-state index in [0.29, 0.717) is 11.6 Å². The lowest BCUT2D eigenvalue weighted by molar-refractivity contribution is -0.906. The molecule has 1 fully saturated rings. The van der Waals surface area contributed by atoms with Gasteiger partial charge < -0.3 is 9.64 Å². The molecular formula is C12H17Cl2N2O3S+. The molecule has 0 amide bonds. The normalized spacial score (nSPS) is 17.3. The minimum atomic E-state index is -3.63. The van der Waals surface area contributed by atoms with Crippen molar-refractivity contribution in [1.82, 2.24) is 4.72 Å². The van der Waals surface area contributed by atoms with Gasteiger partial charge in [0.05, 0.1) is 31.3 Å². The second kappa shape index (κ2) is 7.06. The Kier molecular flexibility index (Phi) is 5.65. The number of halogens is 2. The first-order valence-corrected chi connectivity index (χ1v) is 8.59. The molecule has 1 saturated heterocycles. The summed E-state index contributed by atoms with van der Waals surface area (Å²) in [5.74, 6) is 0. The maximum atomic E-state index is 12.2. The Labute approximate surface area is 128 Å². The zero-order valence-corrected chi connectivity index (χ0v) is 13.2. The predicted octanol–water partition coefficient (Wildman–Crippen LogP) is 0.187. The average Bonchev–Trinajstić information content (AvgIpc) is 2.42. The molecule has 1 aliphatic heterocycles. The number of quaternary nitrogens is 1. The smallest absolute Gasteiger partial charge is 0.242 e. The predicted molar refractivity (Wildman–Crippen MR) is 78.0 cm³/mol. The third-order valence-corrected chi connectivity index (χ3v) is 5.33. The van der Waals surface area contributed by atoms with E-state index in [2.05, 4.69) is 4.72 Å². The van der Waals surface area contributed by atoms with Crippen molar-refractivity contribution in [2.75, 3.05) is 39.4 Å². The summed E-state index contributed by atoms with van der Waals surface area (Å²) in [4.78, 5) is 1.35. The molecule has 1 aliphatic rings. The van der Waals surface area contributed by atoms with E-state index in [4.69, 9.17) is 27.9 Å².